The minimum absolute atomic E-state index is 0.0218. The first kappa shape index (κ1) is 16.5. The highest BCUT2D eigenvalue weighted by Gasteiger charge is 2.37. The number of nitrogens with one attached hydrogen (secondary N) is 1. The van der Waals surface area contributed by atoms with E-state index in [1.165, 1.54) is 0 Å². The molecule has 1 atom stereocenters. The number of hydrogen-bond acceptors (Lipinski definition) is 6. The van der Waals surface area contributed by atoms with Crippen LogP contribution in [0.25, 0.3) is 0 Å². The molecule has 0 bridgehead atoms. The predicted octanol–water partition coefficient (Wildman–Crippen LogP) is 1.94. The van der Waals surface area contributed by atoms with E-state index < -0.39 is 0 Å². The van der Waals surface area contributed by atoms with Gasteiger partial charge in [0.1, 0.15) is 0 Å². The fourth-order valence-electron chi connectivity index (χ4n) is 3.96. The Morgan fingerprint density at radius 2 is 2.19 bits per heavy atom. The molecule has 1 aromatic heterocycles. The number of benzene rings is 1. The number of halogens is 1. The Bertz CT molecular complexity index is 998. The van der Waals surface area contributed by atoms with Gasteiger partial charge in [0, 0.05) is 17.3 Å². The lowest BCUT2D eigenvalue weighted by atomic mass is 10.0. The Labute approximate surface area is 160 Å². The van der Waals surface area contributed by atoms with Crippen LogP contribution in [0.1, 0.15) is 32.7 Å². The molecule has 7 nitrogen and oxygen atoms in total. The molecule has 0 spiro atoms. The van der Waals surface area contributed by atoms with Crippen molar-refractivity contribution in [3.63, 3.8) is 0 Å². The minimum Gasteiger partial charge on any atom is -0.377 e. The first-order valence-corrected chi connectivity index (χ1v) is 9.22. The van der Waals surface area contributed by atoms with Gasteiger partial charge in [-0.25, -0.2) is 9.97 Å². The zero-order valence-electron chi connectivity index (χ0n) is 14.4. The lowest BCUT2D eigenvalue weighted by molar-refractivity contribution is -0.0542. The second-order valence-corrected chi connectivity index (χ2v) is 7.57. The number of anilines is 1. The molecule has 1 aliphatic carbocycles. The van der Waals surface area contributed by atoms with E-state index in [0.29, 0.717) is 41.9 Å². The SMILES string of the molecule is N#Cc1cc(Cl)cc2c1C[C@@H](Nc1ncc3c(n1)CN(C1COC1)C3=O)C2. The quantitative estimate of drug-likeness (QED) is 0.873. The van der Waals surface area contributed by atoms with Crippen LogP contribution in [0.5, 0.6) is 0 Å². The highest BCUT2D eigenvalue weighted by atomic mass is 35.5. The molecule has 27 heavy (non-hydrogen) atoms. The predicted molar refractivity (Wildman–Crippen MR) is 97.5 cm³/mol. The lowest BCUT2D eigenvalue weighted by Crippen LogP contribution is -2.48. The maximum Gasteiger partial charge on any atom is 0.258 e. The van der Waals surface area contributed by atoms with E-state index in [-0.39, 0.29) is 18.0 Å². The van der Waals surface area contributed by atoms with Gasteiger partial charge in [-0.2, -0.15) is 5.26 Å². The van der Waals surface area contributed by atoms with Crippen molar-refractivity contribution in [2.75, 3.05) is 18.5 Å². The summed E-state index contributed by atoms with van der Waals surface area (Å²) in [5.74, 6) is 0.488. The first-order valence-electron chi connectivity index (χ1n) is 8.85. The number of ether oxygens (including phenoxy) is 1. The monoisotopic (exact) mass is 381 g/mol. The molecule has 3 aliphatic rings. The largest absolute Gasteiger partial charge is 0.377 e. The summed E-state index contributed by atoms with van der Waals surface area (Å²) in [6, 6.07) is 6.08. The van der Waals surface area contributed by atoms with Gasteiger partial charge in [0.25, 0.3) is 5.91 Å². The third-order valence-electron chi connectivity index (χ3n) is 5.42. The van der Waals surface area contributed by atoms with E-state index in [4.69, 9.17) is 16.3 Å². The molecule has 2 aromatic rings. The van der Waals surface area contributed by atoms with Gasteiger partial charge < -0.3 is 15.0 Å². The summed E-state index contributed by atoms with van der Waals surface area (Å²) in [7, 11) is 0. The number of fused-ring (bicyclic) bond motifs is 2. The van der Waals surface area contributed by atoms with Crippen molar-refractivity contribution in [3.8, 4) is 6.07 Å². The number of rotatable bonds is 3. The van der Waals surface area contributed by atoms with Crippen LogP contribution >= 0.6 is 11.6 Å². The van der Waals surface area contributed by atoms with Gasteiger partial charge >= 0.3 is 0 Å². The van der Waals surface area contributed by atoms with E-state index in [9.17, 15) is 10.1 Å². The third-order valence-corrected chi connectivity index (χ3v) is 5.64. The summed E-state index contributed by atoms with van der Waals surface area (Å²) in [5, 5.41) is 13.3. The van der Waals surface area contributed by atoms with Crippen molar-refractivity contribution in [2.24, 2.45) is 0 Å². The van der Waals surface area contributed by atoms with Crippen molar-refractivity contribution in [3.05, 3.63) is 51.3 Å². The van der Waals surface area contributed by atoms with Crippen molar-refractivity contribution in [1.82, 2.24) is 14.9 Å². The lowest BCUT2D eigenvalue weighted by Gasteiger charge is -2.34. The molecular formula is C19H16ClN5O2. The molecule has 136 valence electrons. The Morgan fingerprint density at radius 1 is 1.33 bits per heavy atom. The highest BCUT2D eigenvalue weighted by Crippen LogP contribution is 2.31. The van der Waals surface area contributed by atoms with Gasteiger partial charge in [-0.1, -0.05) is 11.6 Å². The molecule has 2 aliphatic heterocycles. The smallest absolute Gasteiger partial charge is 0.258 e. The van der Waals surface area contributed by atoms with Crippen molar-refractivity contribution in [2.45, 2.75) is 31.5 Å². The zero-order valence-corrected chi connectivity index (χ0v) is 15.2. The van der Waals surface area contributed by atoms with Crippen molar-refractivity contribution in [1.29, 1.82) is 5.26 Å². The standard InChI is InChI=1S/C19H16ClN5O2/c20-12-1-10-3-13(4-15(10)11(2-12)5-21)23-19-22-6-16-17(24-19)7-25(18(16)26)14-8-27-9-14/h1-2,6,13-14H,3-4,7-9H2,(H,22,23,24)/t13-/m0/s1. The molecule has 1 amide bonds. The molecule has 0 radical (unpaired) electrons. The second kappa shape index (κ2) is 6.19. The molecule has 0 saturated carbocycles. The number of hydrogen-bond donors (Lipinski definition) is 1. The molecular weight excluding hydrogens is 366 g/mol. The fourth-order valence-corrected chi connectivity index (χ4v) is 4.20. The third kappa shape index (κ3) is 2.73. The van der Waals surface area contributed by atoms with E-state index in [1.807, 2.05) is 6.07 Å². The van der Waals surface area contributed by atoms with Gasteiger partial charge in [-0.15, -0.1) is 0 Å². The molecule has 8 heteroatoms. The van der Waals surface area contributed by atoms with Crippen LogP contribution in [0.4, 0.5) is 5.95 Å². The van der Waals surface area contributed by atoms with Crippen LogP contribution in [-0.2, 0) is 24.1 Å². The van der Waals surface area contributed by atoms with Crippen LogP contribution in [0.3, 0.4) is 0 Å². The molecule has 3 heterocycles. The zero-order chi connectivity index (χ0) is 18.5. The Hall–Kier alpha value is -2.69. The highest BCUT2D eigenvalue weighted by molar-refractivity contribution is 6.30. The first-order chi connectivity index (χ1) is 13.1. The summed E-state index contributed by atoms with van der Waals surface area (Å²) < 4.78 is 5.19. The Balaban J connectivity index is 1.34. The van der Waals surface area contributed by atoms with E-state index in [1.54, 1.807) is 17.2 Å². The maximum atomic E-state index is 12.5. The Morgan fingerprint density at radius 3 is 2.93 bits per heavy atom. The summed E-state index contributed by atoms with van der Waals surface area (Å²) in [4.78, 5) is 23.2. The van der Waals surface area contributed by atoms with Crippen LogP contribution in [0.2, 0.25) is 5.02 Å². The van der Waals surface area contributed by atoms with Crippen molar-refractivity contribution < 1.29 is 9.53 Å². The normalized spacial score (nSPS) is 20.8. The summed E-state index contributed by atoms with van der Waals surface area (Å²) >= 11 is 6.11. The van der Waals surface area contributed by atoms with E-state index in [0.717, 1.165) is 29.7 Å². The van der Waals surface area contributed by atoms with Crippen molar-refractivity contribution >= 4 is 23.5 Å². The van der Waals surface area contributed by atoms with Gasteiger partial charge in [0.05, 0.1) is 48.7 Å². The second-order valence-electron chi connectivity index (χ2n) is 7.13. The molecule has 0 unspecified atom stereocenters. The number of amides is 1. The molecule has 1 aromatic carbocycles. The molecule has 1 saturated heterocycles. The van der Waals surface area contributed by atoms with Crippen LogP contribution in [-0.4, -0.2) is 46.1 Å². The summed E-state index contributed by atoms with van der Waals surface area (Å²) in [5.41, 5.74) is 4.07. The number of nitriles is 1. The van der Waals surface area contributed by atoms with Crippen LogP contribution in [0, 0.1) is 11.3 Å². The van der Waals surface area contributed by atoms with Gasteiger partial charge in [0.15, 0.2) is 0 Å². The molecule has 5 rings (SSSR count). The topological polar surface area (TPSA) is 91.1 Å². The average molecular weight is 382 g/mol. The summed E-state index contributed by atoms with van der Waals surface area (Å²) in [6.45, 7) is 1.67. The van der Waals surface area contributed by atoms with Gasteiger partial charge in [-0.05, 0) is 36.1 Å². The maximum absolute atomic E-state index is 12.5. The molecule has 1 N–H and O–H groups in total. The van der Waals surface area contributed by atoms with E-state index >= 15 is 0 Å². The average Bonchev–Trinajstić information content (AvgIpc) is 3.13. The Kier molecular flexibility index (Phi) is 3.78. The van der Waals surface area contributed by atoms with Gasteiger partial charge in [0.2, 0.25) is 5.95 Å². The minimum atomic E-state index is -0.0218. The van der Waals surface area contributed by atoms with Crippen LogP contribution in [0.15, 0.2) is 18.3 Å². The van der Waals surface area contributed by atoms with Gasteiger partial charge in [-0.3, -0.25) is 4.79 Å². The fraction of sp³-hybridized carbons (Fsp3) is 0.368. The number of aromatic nitrogens is 2. The van der Waals surface area contributed by atoms with E-state index in [2.05, 4.69) is 21.4 Å². The number of nitrogens with zero attached hydrogens (tertiary/aromatic N) is 4. The number of carbonyl (C=O) groups excluding carboxylic acids is 1. The summed E-state index contributed by atoms with van der Waals surface area (Å²) in [6.07, 6.45) is 3.09. The van der Waals surface area contributed by atoms with Crippen LogP contribution < -0.4 is 5.32 Å². The number of carbonyl (C=O) groups is 1. The molecule has 1 fully saturated rings.